The van der Waals surface area contributed by atoms with Gasteiger partial charge in [0, 0.05) is 69.0 Å². The highest BCUT2D eigenvalue weighted by Crippen LogP contribution is 2.53. The van der Waals surface area contributed by atoms with E-state index in [1.54, 1.807) is 24.3 Å². The lowest BCUT2D eigenvalue weighted by Gasteiger charge is -2.36. The van der Waals surface area contributed by atoms with Crippen LogP contribution in [0.3, 0.4) is 0 Å². The standard InChI is InChI=1S/C68H60F8N2O4/c1-9-77-57-23-19-45(31-51-41(5)27-39(3)28-42(51)6)33-53(57)55-35-47(21-25-59(55)77)63(79)49-15-11-13-17-61(49)81-37-65(69,70)67(73,74)68(75,76)66(71,72)38-82-62-18-14-12-16-50(62)64(80)48-22-26-60-56(36-48)54-34-46(20-24-58(54)78(60)10-2)32-52-43(7)29-40(4)30-44(52)8/h11-31,34-36H,9-10,32-33,37-38H2,1-8H3. The second-order valence-electron chi connectivity index (χ2n) is 21.5. The molecule has 2 heterocycles. The van der Waals surface area contributed by atoms with Crippen molar-refractivity contribution in [2.45, 2.75) is 105 Å². The van der Waals surface area contributed by atoms with Crippen LogP contribution < -0.4 is 9.47 Å². The number of aromatic nitrogens is 2. The molecule has 82 heavy (non-hydrogen) atoms. The first kappa shape index (κ1) is 57.0. The molecule has 0 saturated carbocycles. The Morgan fingerprint density at radius 1 is 0.524 bits per heavy atom. The molecule has 1 aliphatic carbocycles. The maximum absolute atomic E-state index is 15.6. The summed E-state index contributed by atoms with van der Waals surface area (Å²) in [6.07, 6.45) is 7.37. The molecule has 0 amide bonds. The van der Waals surface area contributed by atoms with E-state index in [0.29, 0.717) is 31.3 Å². The molecule has 0 saturated heterocycles. The van der Waals surface area contributed by atoms with Gasteiger partial charge >= 0.3 is 23.7 Å². The lowest BCUT2D eigenvalue weighted by molar-refractivity contribution is -0.371. The van der Waals surface area contributed by atoms with Crippen LogP contribution in [-0.4, -0.2) is 57.6 Å². The monoisotopic (exact) mass is 1120 g/mol. The number of carbonyl (C=O) groups excluding carboxylic acids is 2. The summed E-state index contributed by atoms with van der Waals surface area (Å²) in [7, 11) is 0. The van der Waals surface area contributed by atoms with Gasteiger partial charge in [0.2, 0.25) is 0 Å². The van der Waals surface area contributed by atoms with Crippen molar-refractivity contribution in [1.82, 2.24) is 9.13 Å². The van der Waals surface area contributed by atoms with Crippen molar-refractivity contribution >= 4 is 56.4 Å². The Bertz CT molecular complexity index is 4060. The first-order valence-electron chi connectivity index (χ1n) is 27.1. The Balaban J connectivity index is 0.852. The number of ketones is 2. The number of rotatable bonds is 18. The van der Waals surface area contributed by atoms with E-state index in [2.05, 4.69) is 85.4 Å². The molecule has 0 bridgehead atoms. The molecule has 0 unspecified atom stereocenters. The second-order valence-corrected chi connectivity index (χ2v) is 21.5. The van der Waals surface area contributed by atoms with Crippen LogP contribution in [0.4, 0.5) is 35.1 Å². The molecular weight excluding hydrogens is 1060 g/mol. The summed E-state index contributed by atoms with van der Waals surface area (Å²) in [6.45, 7) is 12.4. The zero-order valence-electron chi connectivity index (χ0n) is 46.7. The molecule has 1 aliphatic rings. The van der Waals surface area contributed by atoms with E-state index in [9.17, 15) is 9.59 Å². The molecule has 0 aliphatic heterocycles. The van der Waals surface area contributed by atoms with Crippen LogP contribution in [0.15, 0.2) is 139 Å². The molecule has 0 N–H and O–H groups in total. The van der Waals surface area contributed by atoms with Gasteiger partial charge in [-0.1, -0.05) is 77.9 Å². The molecule has 7 aromatic carbocycles. The van der Waals surface area contributed by atoms with Gasteiger partial charge in [0.15, 0.2) is 24.8 Å². The Kier molecular flexibility index (Phi) is 15.0. The van der Waals surface area contributed by atoms with Crippen LogP contribution >= 0.6 is 0 Å². The Labute approximate surface area is 470 Å². The number of ether oxygens (including phenoxy) is 2. The third-order valence-electron chi connectivity index (χ3n) is 15.8. The lowest BCUT2D eigenvalue weighted by atomic mass is 9.91. The maximum Gasteiger partial charge on any atom is 0.381 e. The van der Waals surface area contributed by atoms with E-state index in [0.717, 1.165) is 101 Å². The van der Waals surface area contributed by atoms with Gasteiger partial charge in [-0.3, -0.25) is 9.59 Å². The van der Waals surface area contributed by atoms with Crippen molar-refractivity contribution in [3.05, 3.63) is 223 Å². The lowest BCUT2D eigenvalue weighted by Crippen LogP contribution is -2.65. The fourth-order valence-electron chi connectivity index (χ4n) is 11.7. The van der Waals surface area contributed by atoms with Crippen molar-refractivity contribution in [2.75, 3.05) is 13.2 Å². The summed E-state index contributed by atoms with van der Waals surface area (Å²) < 4.78 is 139. The van der Waals surface area contributed by atoms with Gasteiger partial charge in [-0.15, -0.1) is 0 Å². The summed E-state index contributed by atoms with van der Waals surface area (Å²) in [5.74, 6) is -28.3. The van der Waals surface area contributed by atoms with Crippen LogP contribution in [0.1, 0.15) is 107 Å². The number of carbonyl (C=O) groups is 2. The smallest absolute Gasteiger partial charge is 0.381 e. The first-order chi connectivity index (χ1) is 38.9. The average Bonchev–Trinajstić information content (AvgIpc) is 3.99. The minimum absolute atomic E-state index is 0.0795. The van der Waals surface area contributed by atoms with E-state index < -0.39 is 60.0 Å². The van der Waals surface area contributed by atoms with Crippen molar-refractivity contribution in [3.63, 3.8) is 0 Å². The van der Waals surface area contributed by atoms with E-state index >= 15 is 35.1 Å². The van der Waals surface area contributed by atoms with Gasteiger partial charge in [-0.25, -0.2) is 0 Å². The number of benzene rings is 7. The minimum atomic E-state index is -6.75. The Morgan fingerprint density at radius 3 is 1.49 bits per heavy atom. The number of fused-ring (bicyclic) bond motifs is 6. The highest BCUT2D eigenvalue weighted by atomic mass is 19.4. The summed E-state index contributed by atoms with van der Waals surface area (Å²) in [5, 5.41) is 2.29. The second kappa shape index (κ2) is 21.6. The molecule has 2 aromatic heterocycles. The Hall–Kier alpha value is -8.26. The molecule has 14 heteroatoms. The quantitative estimate of drug-likeness (QED) is 0.0634. The number of para-hydroxylation sites is 2. The van der Waals surface area contributed by atoms with Crippen LogP contribution in [0.2, 0.25) is 0 Å². The molecular formula is C68H60F8N2O4. The van der Waals surface area contributed by atoms with E-state index in [-0.39, 0.29) is 22.3 Å². The SMILES string of the molecule is CCn1c2c(c3cc(C(=O)c4ccccc4OCC(F)(F)C(F)(F)C(F)(F)C(F)(F)COc4ccccc4C(=O)c4ccc5c(c4)c4cc(Cc6c(C)cc(C)cc6C)ccc4n5CC)ccc31)CC(=Cc1c(C)cc(C)cc1C)C=C2. The number of nitrogens with zero attached hydrogens (tertiary/aromatic N) is 2. The third kappa shape index (κ3) is 10.1. The van der Waals surface area contributed by atoms with Crippen LogP contribution in [0.5, 0.6) is 11.5 Å². The highest BCUT2D eigenvalue weighted by molar-refractivity contribution is 6.16. The molecule has 0 spiro atoms. The molecule has 0 radical (unpaired) electrons. The van der Waals surface area contributed by atoms with Crippen molar-refractivity contribution < 1.29 is 54.2 Å². The summed E-state index contributed by atoms with van der Waals surface area (Å²) >= 11 is 0. The van der Waals surface area contributed by atoms with E-state index in [4.69, 9.17) is 9.47 Å². The molecule has 422 valence electrons. The molecule has 0 fully saturated rings. The summed E-state index contributed by atoms with van der Waals surface area (Å²) in [4.78, 5) is 28.4. The number of alkyl halides is 8. The predicted molar refractivity (Wildman–Crippen MR) is 308 cm³/mol. The van der Waals surface area contributed by atoms with Gasteiger partial charge < -0.3 is 18.6 Å². The minimum Gasteiger partial charge on any atom is -0.486 e. The first-order valence-corrected chi connectivity index (χ1v) is 27.1. The van der Waals surface area contributed by atoms with Crippen LogP contribution in [0, 0.1) is 41.5 Å². The van der Waals surface area contributed by atoms with Gasteiger partial charge in [-0.05, 0) is 191 Å². The van der Waals surface area contributed by atoms with Crippen molar-refractivity contribution in [3.8, 4) is 11.5 Å². The molecule has 6 nitrogen and oxygen atoms in total. The van der Waals surface area contributed by atoms with Gasteiger partial charge in [-0.2, -0.15) is 35.1 Å². The average molecular weight is 1120 g/mol. The summed E-state index contributed by atoms with van der Waals surface area (Å²) in [6, 6.07) is 34.0. The zero-order chi connectivity index (χ0) is 58.8. The van der Waals surface area contributed by atoms with Gasteiger partial charge in [0.05, 0.1) is 11.1 Å². The normalized spacial score (nSPS) is 13.6. The zero-order valence-corrected chi connectivity index (χ0v) is 46.7. The largest absolute Gasteiger partial charge is 0.486 e. The fourth-order valence-corrected chi connectivity index (χ4v) is 11.7. The van der Waals surface area contributed by atoms with Crippen molar-refractivity contribution in [2.24, 2.45) is 0 Å². The number of aryl methyl sites for hydroxylation is 8. The summed E-state index contributed by atoms with van der Waals surface area (Å²) in [5.41, 5.74) is 15.0. The topological polar surface area (TPSA) is 62.5 Å². The van der Waals surface area contributed by atoms with E-state index in [1.165, 1.54) is 54.1 Å². The van der Waals surface area contributed by atoms with Gasteiger partial charge in [0.25, 0.3) is 0 Å². The number of hydrogen-bond acceptors (Lipinski definition) is 4. The molecule has 0 atom stereocenters. The van der Waals surface area contributed by atoms with Gasteiger partial charge in [0.1, 0.15) is 11.5 Å². The third-order valence-corrected chi connectivity index (χ3v) is 15.8. The van der Waals surface area contributed by atoms with Crippen LogP contribution in [0.25, 0.3) is 44.9 Å². The highest BCUT2D eigenvalue weighted by Gasteiger charge is 2.81. The van der Waals surface area contributed by atoms with Crippen molar-refractivity contribution in [1.29, 1.82) is 0 Å². The molecule has 9 aromatic rings. The van der Waals surface area contributed by atoms with E-state index in [1.807, 2.05) is 39.8 Å². The molecule has 10 rings (SSSR count). The maximum atomic E-state index is 15.6. The number of allylic oxidation sites excluding steroid dienone is 2. The Morgan fingerprint density at radius 2 is 0.976 bits per heavy atom. The fraction of sp³-hybridized carbons (Fsp3) is 0.265. The number of halogens is 8. The number of hydrogen-bond donors (Lipinski definition) is 0. The van der Waals surface area contributed by atoms with Crippen LogP contribution in [-0.2, 0) is 25.9 Å². The predicted octanol–water partition coefficient (Wildman–Crippen LogP) is 17.3.